The van der Waals surface area contributed by atoms with E-state index < -0.39 is 0 Å². The van der Waals surface area contributed by atoms with Gasteiger partial charge >= 0.3 is 0 Å². The number of hydrogen-bond donors (Lipinski definition) is 1. The van der Waals surface area contributed by atoms with Crippen molar-refractivity contribution in [1.82, 2.24) is 14.7 Å². The highest BCUT2D eigenvalue weighted by Crippen LogP contribution is 1.99. The van der Waals surface area contributed by atoms with E-state index in [4.69, 9.17) is 5.21 Å². The predicted molar refractivity (Wildman–Crippen MR) is 37.8 cm³/mol. The first-order valence-corrected chi connectivity index (χ1v) is 3.86. The molecule has 0 radical (unpaired) electrons. The van der Waals surface area contributed by atoms with Crippen molar-refractivity contribution in [2.45, 2.75) is 13.5 Å². The van der Waals surface area contributed by atoms with Crippen molar-refractivity contribution in [3.63, 3.8) is 0 Å². The average molecular weight is 159 g/mol. The molecule has 0 aliphatic carbocycles. The smallest absolute Gasteiger partial charge is 0.0919 e. The molecule has 1 heterocycles. The Balaban J connectivity index is 2.40. The Kier molecular flexibility index (Phi) is 2.73. The van der Waals surface area contributed by atoms with Crippen molar-refractivity contribution < 1.29 is 5.21 Å². The molecule has 4 nitrogen and oxygen atoms in total. The van der Waals surface area contributed by atoms with E-state index >= 15 is 0 Å². The Morgan fingerprint density at radius 3 is 3.10 bits per heavy atom. The molecule has 0 atom stereocenters. The zero-order chi connectivity index (χ0) is 7.40. The van der Waals surface area contributed by atoms with Crippen molar-refractivity contribution >= 4 is 11.5 Å². The van der Waals surface area contributed by atoms with Gasteiger partial charge in [-0.15, -0.1) is 5.10 Å². The molecular formula is C5H9N3OS. The third kappa shape index (κ3) is 2.02. The second kappa shape index (κ2) is 3.60. The first kappa shape index (κ1) is 7.59. The van der Waals surface area contributed by atoms with Crippen LogP contribution < -0.4 is 0 Å². The van der Waals surface area contributed by atoms with E-state index in [0.29, 0.717) is 13.1 Å². The van der Waals surface area contributed by atoms with Gasteiger partial charge in [0.2, 0.25) is 0 Å². The van der Waals surface area contributed by atoms with Crippen LogP contribution in [0.1, 0.15) is 12.6 Å². The minimum Gasteiger partial charge on any atom is -0.314 e. The molecule has 1 N–H and O–H groups in total. The third-order valence-corrected chi connectivity index (χ3v) is 1.67. The summed E-state index contributed by atoms with van der Waals surface area (Å²) in [5.41, 5.74) is 0.814. The molecule has 0 spiro atoms. The number of nitrogens with zero attached hydrogens (tertiary/aromatic N) is 3. The molecule has 0 amide bonds. The van der Waals surface area contributed by atoms with Crippen LogP contribution in [-0.2, 0) is 6.54 Å². The SMILES string of the molecule is CCN(O)Cc1csnn1. The van der Waals surface area contributed by atoms with Crippen molar-refractivity contribution in [3.05, 3.63) is 11.1 Å². The molecule has 0 aromatic carbocycles. The van der Waals surface area contributed by atoms with Gasteiger partial charge in [0.05, 0.1) is 12.2 Å². The van der Waals surface area contributed by atoms with Crippen LogP contribution in [0.4, 0.5) is 0 Å². The molecule has 0 saturated carbocycles. The second-order valence-electron chi connectivity index (χ2n) is 1.88. The Labute approximate surface area is 63.2 Å². The van der Waals surface area contributed by atoms with Crippen LogP contribution in [0, 0.1) is 0 Å². The molecule has 5 heteroatoms. The molecule has 0 aliphatic heterocycles. The van der Waals surface area contributed by atoms with E-state index in [-0.39, 0.29) is 0 Å². The summed E-state index contributed by atoms with van der Waals surface area (Å²) < 4.78 is 3.66. The van der Waals surface area contributed by atoms with Gasteiger partial charge in [0, 0.05) is 11.9 Å². The minimum absolute atomic E-state index is 0.465. The van der Waals surface area contributed by atoms with Gasteiger partial charge in [0.25, 0.3) is 0 Å². The molecule has 0 bridgehead atoms. The van der Waals surface area contributed by atoms with Crippen molar-refractivity contribution in [3.8, 4) is 0 Å². The highest BCUT2D eigenvalue weighted by Gasteiger charge is 2.00. The van der Waals surface area contributed by atoms with Gasteiger partial charge in [0.15, 0.2) is 0 Å². The third-order valence-electron chi connectivity index (χ3n) is 1.11. The van der Waals surface area contributed by atoms with Gasteiger partial charge in [-0.2, -0.15) is 5.06 Å². The number of hydroxylamine groups is 2. The fourth-order valence-electron chi connectivity index (χ4n) is 0.552. The summed E-state index contributed by atoms with van der Waals surface area (Å²) in [6.07, 6.45) is 0. The normalized spacial score (nSPS) is 10.7. The van der Waals surface area contributed by atoms with E-state index in [0.717, 1.165) is 5.69 Å². The fourth-order valence-corrected chi connectivity index (χ4v) is 0.994. The molecule has 0 aliphatic rings. The van der Waals surface area contributed by atoms with E-state index in [9.17, 15) is 0 Å². The maximum absolute atomic E-state index is 9.00. The van der Waals surface area contributed by atoms with E-state index in [2.05, 4.69) is 9.59 Å². The Morgan fingerprint density at radius 2 is 2.60 bits per heavy atom. The van der Waals surface area contributed by atoms with Gasteiger partial charge in [-0.1, -0.05) is 11.4 Å². The number of rotatable bonds is 3. The summed E-state index contributed by atoms with van der Waals surface area (Å²) in [5.74, 6) is 0. The summed E-state index contributed by atoms with van der Waals surface area (Å²) in [4.78, 5) is 0. The Bertz CT molecular complexity index is 177. The molecule has 0 fully saturated rings. The van der Waals surface area contributed by atoms with E-state index in [1.54, 1.807) is 0 Å². The molecule has 1 aromatic heterocycles. The van der Waals surface area contributed by atoms with Crippen molar-refractivity contribution in [1.29, 1.82) is 0 Å². The van der Waals surface area contributed by atoms with Crippen LogP contribution >= 0.6 is 11.5 Å². The maximum atomic E-state index is 9.00. The molecule has 0 saturated heterocycles. The van der Waals surface area contributed by atoms with E-state index in [1.165, 1.54) is 16.6 Å². The lowest BCUT2D eigenvalue weighted by molar-refractivity contribution is -0.0955. The van der Waals surface area contributed by atoms with Gasteiger partial charge in [0.1, 0.15) is 0 Å². The predicted octanol–water partition coefficient (Wildman–Crippen LogP) is 0.749. The molecule has 0 unspecified atom stereocenters. The zero-order valence-electron chi connectivity index (χ0n) is 5.69. The average Bonchev–Trinajstić information content (AvgIpc) is 2.40. The van der Waals surface area contributed by atoms with Gasteiger partial charge in [-0.25, -0.2) is 0 Å². The Morgan fingerprint density at radius 1 is 1.80 bits per heavy atom. The maximum Gasteiger partial charge on any atom is 0.0919 e. The number of hydrogen-bond acceptors (Lipinski definition) is 5. The first-order valence-electron chi connectivity index (χ1n) is 3.02. The van der Waals surface area contributed by atoms with Gasteiger partial charge < -0.3 is 5.21 Å². The summed E-state index contributed by atoms with van der Waals surface area (Å²) >= 11 is 1.29. The summed E-state index contributed by atoms with van der Waals surface area (Å²) in [7, 11) is 0. The monoisotopic (exact) mass is 159 g/mol. The molecular weight excluding hydrogens is 150 g/mol. The van der Waals surface area contributed by atoms with Crippen LogP contribution in [0.3, 0.4) is 0 Å². The van der Waals surface area contributed by atoms with Crippen molar-refractivity contribution in [2.24, 2.45) is 0 Å². The lowest BCUT2D eigenvalue weighted by atomic mass is 10.5. The second-order valence-corrected chi connectivity index (χ2v) is 2.49. The summed E-state index contributed by atoms with van der Waals surface area (Å²) in [6.45, 7) is 2.95. The van der Waals surface area contributed by atoms with Gasteiger partial charge in [-0.05, 0) is 11.5 Å². The minimum atomic E-state index is 0.465. The molecule has 1 rings (SSSR count). The van der Waals surface area contributed by atoms with Crippen LogP contribution in [0.15, 0.2) is 5.38 Å². The van der Waals surface area contributed by atoms with Crippen LogP contribution in [0.25, 0.3) is 0 Å². The lowest BCUT2D eigenvalue weighted by Crippen LogP contribution is -2.17. The van der Waals surface area contributed by atoms with Crippen LogP contribution in [-0.4, -0.2) is 26.4 Å². The standard InChI is InChI=1S/C5H9N3OS/c1-2-8(9)3-5-4-10-7-6-5/h4,9H,2-3H2,1H3. The van der Waals surface area contributed by atoms with Crippen molar-refractivity contribution in [2.75, 3.05) is 6.54 Å². The zero-order valence-corrected chi connectivity index (χ0v) is 6.51. The number of aromatic nitrogens is 2. The topological polar surface area (TPSA) is 49.2 Å². The summed E-state index contributed by atoms with van der Waals surface area (Å²) in [6, 6.07) is 0. The molecule has 1 aromatic rings. The van der Waals surface area contributed by atoms with E-state index in [1.807, 2.05) is 12.3 Å². The summed E-state index contributed by atoms with van der Waals surface area (Å²) in [5, 5.41) is 15.8. The lowest BCUT2D eigenvalue weighted by Gasteiger charge is -2.07. The van der Waals surface area contributed by atoms with Crippen LogP contribution in [0.2, 0.25) is 0 Å². The first-order chi connectivity index (χ1) is 4.83. The molecule has 10 heavy (non-hydrogen) atoms. The fraction of sp³-hybridized carbons (Fsp3) is 0.600. The highest BCUT2D eigenvalue weighted by atomic mass is 32.1. The largest absolute Gasteiger partial charge is 0.314 e. The Hall–Kier alpha value is -0.520. The molecule has 56 valence electrons. The van der Waals surface area contributed by atoms with Crippen LogP contribution in [0.5, 0.6) is 0 Å². The van der Waals surface area contributed by atoms with Gasteiger partial charge in [-0.3, -0.25) is 0 Å². The quantitative estimate of drug-likeness (QED) is 0.661. The highest BCUT2D eigenvalue weighted by molar-refractivity contribution is 7.03.